The number of carbonyl (C=O) groups excluding carboxylic acids is 3. The number of nitrogens with one attached hydrogen (secondary N) is 1. The van der Waals surface area contributed by atoms with Gasteiger partial charge in [-0.15, -0.1) is 0 Å². The van der Waals surface area contributed by atoms with Crippen molar-refractivity contribution in [2.45, 2.75) is 91.5 Å². The summed E-state index contributed by atoms with van der Waals surface area (Å²) < 4.78 is 6.38. The van der Waals surface area contributed by atoms with Crippen molar-refractivity contribution in [2.75, 3.05) is 23.8 Å². The Kier molecular flexibility index (Phi) is 12.7. The number of H-pyrrole nitrogens is 1. The number of esters is 1. The third kappa shape index (κ3) is 8.94. The lowest BCUT2D eigenvalue weighted by molar-refractivity contribution is -0.143. The fourth-order valence-corrected chi connectivity index (χ4v) is 4.14. The number of carbonyl (C=O) groups is 3. The van der Waals surface area contributed by atoms with Crippen LogP contribution in [0.4, 0.5) is 11.5 Å². The van der Waals surface area contributed by atoms with E-state index in [0.717, 1.165) is 31.2 Å². The van der Waals surface area contributed by atoms with Crippen LogP contribution in [0.15, 0.2) is 33.9 Å². The summed E-state index contributed by atoms with van der Waals surface area (Å²) in [6, 6.07) is 7.23. The number of aromatic nitrogens is 2. The lowest BCUT2D eigenvalue weighted by Gasteiger charge is -2.24. The van der Waals surface area contributed by atoms with E-state index in [4.69, 9.17) is 10.5 Å². The van der Waals surface area contributed by atoms with E-state index in [1.807, 2.05) is 26.0 Å². The molecule has 1 amide bonds. The molecule has 0 spiro atoms. The highest BCUT2D eigenvalue weighted by atomic mass is 16.5. The van der Waals surface area contributed by atoms with Gasteiger partial charge in [-0.05, 0) is 30.7 Å². The third-order valence-corrected chi connectivity index (χ3v) is 6.83. The number of nitrogens with zero attached hydrogens (tertiary/aromatic N) is 2. The van der Waals surface area contributed by atoms with Crippen molar-refractivity contribution < 1.29 is 19.1 Å². The van der Waals surface area contributed by atoms with Gasteiger partial charge < -0.3 is 15.4 Å². The van der Waals surface area contributed by atoms with Crippen LogP contribution in [0.2, 0.25) is 0 Å². The summed E-state index contributed by atoms with van der Waals surface area (Å²) in [7, 11) is 0. The summed E-state index contributed by atoms with van der Waals surface area (Å²) in [5.74, 6) is -1.21. The molecule has 3 N–H and O–H groups in total. The number of amides is 1. The maximum atomic E-state index is 13.2. The van der Waals surface area contributed by atoms with E-state index in [-0.39, 0.29) is 36.7 Å². The molecule has 0 aliphatic carbocycles. The molecule has 1 atom stereocenters. The van der Waals surface area contributed by atoms with E-state index in [0.29, 0.717) is 30.9 Å². The number of hydrogen-bond acceptors (Lipinski definition) is 7. The van der Waals surface area contributed by atoms with E-state index in [2.05, 4.69) is 18.8 Å². The minimum atomic E-state index is -0.748. The molecule has 0 saturated carbocycles. The van der Waals surface area contributed by atoms with E-state index >= 15 is 0 Å². The summed E-state index contributed by atoms with van der Waals surface area (Å²) in [5.41, 5.74) is 6.33. The zero-order valence-corrected chi connectivity index (χ0v) is 23.6. The highest BCUT2D eigenvalue weighted by Crippen LogP contribution is 2.21. The summed E-state index contributed by atoms with van der Waals surface area (Å²) >= 11 is 0. The van der Waals surface area contributed by atoms with E-state index in [1.165, 1.54) is 9.47 Å². The van der Waals surface area contributed by atoms with Gasteiger partial charge in [0.15, 0.2) is 18.1 Å². The van der Waals surface area contributed by atoms with Crippen LogP contribution in [0, 0.1) is 0 Å². The second-order valence-corrected chi connectivity index (χ2v) is 9.77. The van der Waals surface area contributed by atoms with Gasteiger partial charge in [-0.25, -0.2) is 4.79 Å². The maximum Gasteiger partial charge on any atom is 0.330 e. The van der Waals surface area contributed by atoms with Gasteiger partial charge in [0.2, 0.25) is 5.91 Å². The van der Waals surface area contributed by atoms with Gasteiger partial charge in [0.05, 0.1) is 6.42 Å². The van der Waals surface area contributed by atoms with Crippen molar-refractivity contribution in [1.82, 2.24) is 9.55 Å². The highest BCUT2D eigenvalue weighted by molar-refractivity contribution is 5.99. The van der Waals surface area contributed by atoms with Crippen molar-refractivity contribution in [3.05, 3.63) is 56.2 Å². The Morgan fingerprint density at radius 1 is 1.00 bits per heavy atom. The number of Topliss-reactive ketones (excluding diaryl/α,β-unsaturated/α-hetero) is 1. The third-order valence-electron chi connectivity index (χ3n) is 6.83. The van der Waals surface area contributed by atoms with Crippen LogP contribution >= 0.6 is 0 Å². The molecule has 0 bridgehead atoms. The number of benzene rings is 1. The lowest BCUT2D eigenvalue weighted by atomic mass is 9.97. The smallest absolute Gasteiger partial charge is 0.330 e. The van der Waals surface area contributed by atoms with Gasteiger partial charge in [0, 0.05) is 25.1 Å². The van der Waals surface area contributed by atoms with Crippen LogP contribution in [0.1, 0.15) is 101 Å². The fourth-order valence-electron chi connectivity index (χ4n) is 4.14. The van der Waals surface area contributed by atoms with Gasteiger partial charge in [-0.3, -0.25) is 28.7 Å². The molecule has 0 fully saturated rings. The molecular formula is C29H42N4O6. The fraction of sp³-hybridized carbons (Fsp3) is 0.552. The van der Waals surface area contributed by atoms with Gasteiger partial charge in [0.1, 0.15) is 5.82 Å². The molecule has 2 aromatic rings. The molecule has 2 rings (SSSR count). The quantitative estimate of drug-likeness (QED) is 0.184. The minimum Gasteiger partial charge on any atom is -0.457 e. The van der Waals surface area contributed by atoms with Crippen LogP contribution in [0.3, 0.4) is 0 Å². The molecular weight excluding hydrogens is 500 g/mol. The molecule has 1 aromatic heterocycles. The molecule has 1 aromatic carbocycles. The zero-order valence-electron chi connectivity index (χ0n) is 23.6. The van der Waals surface area contributed by atoms with Crippen LogP contribution in [0.25, 0.3) is 0 Å². The first kappa shape index (κ1) is 31.5. The second-order valence-electron chi connectivity index (χ2n) is 9.77. The molecule has 0 saturated heterocycles. The highest BCUT2D eigenvalue weighted by Gasteiger charge is 2.24. The van der Waals surface area contributed by atoms with Crippen molar-refractivity contribution in [3.63, 3.8) is 0 Å². The summed E-state index contributed by atoms with van der Waals surface area (Å²) in [6.07, 6.45) is 4.29. The predicted octanol–water partition coefficient (Wildman–Crippen LogP) is 4.16. The van der Waals surface area contributed by atoms with Crippen molar-refractivity contribution in [1.29, 1.82) is 0 Å². The lowest BCUT2D eigenvalue weighted by Crippen LogP contribution is -2.41. The zero-order chi connectivity index (χ0) is 28.9. The van der Waals surface area contributed by atoms with E-state index in [1.54, 1.807) is 12.1 Å². The first-order valence-corrected chi connectivity index (χ1v) is 13.9. The molecule has 0 aliphatic heterocycles. The van der Waals surface area contributed by atoms with Crippen LogP contribution in [0.5, 0.6) is 0 Å². The largest absolute Gasteiger partial charge is 0.457 e. The van der Waals surface area contributed by atoms with Gasteiger partial charge >= 0.3 is 11.7 Å². The number of hydrogen-bond donors (Lipinski definition) is 2. The first-order chi connectivity index (χ1) is 18.6. The van der Waals surface area contributed by atoms with Crippen molar-refractivity contribution in [3.8, 4) is 0 Å². The Morgan fingerprint density at radius 2 is 1.67 bits per heavy atom. The van der Waals surface area contributed by atoms with Crippen molar-refractivity contribution >= 4 is 29.2 Å². The van der Waals surface area contributed by atoms with Crippen molar-refractivity contribution in [2.24, 2.45) is 0 Å². The average Bonchev–Trinajstić information content (AvgIpc) is 2.93. The molecule has 10 heteroatoms. The number of rotatable bonds is 16. The molecule has 214 valence electrons. The SMILES string of the molecule is CCCCCN(C(=O)CCC(=O)OCC(=O)c1ccc([C@@H](C)CC)cc1)c1c(N)n(CCCC)c(=O)[nH]c1=O. The molecule has 10 nitrogen and oxygen atoms in total. The van der Waals surface area contributed by atoms with Gasteiger partial charge in [-0.1, -0.05) is 71.2 Å². The summed E-state index contributed by atoms with van der Waals surface area (Å²) in [6.45, 7) is 8.27. The number of anilines is 2. The Balaban J connectivity index is 2.07. The number of unbranched alkanes of at least 4 members (excludes halogenated alkanes) is 3. The Bertz CT molecular complexity index is 1230. The van der Waals surface area contributed by atoms with Crippen LogP contribution < -0.4 is 21.9 Å². The van der Waals surface area contributed by atoms with E-state index in [9.17, 15) is 24.0 Å². The summed E-state index contributed by atoms with van der Waals surface area (Å²) in [5, 5.41) is 0. The monoisotopic (exact) mass is 542 g/mol. The van der Waals surface area contributed by atoms with Crippen LogP contribution in [-0.2, 0) is 20.9 Å². The number of nitrogen functional groups attached to an aromatic ring is 1. The molecule has 0 aliphatic rings. The molecule has 39 heavy (non-hydrogen) atoms. The normalized spacial score (nSPS) is 11.7. The molecule has 0 unspecified atom stereocenters. The minimum absolute atomic E-state index is 0.0745. The number of ether oxygens (including phenoxy) is 1. The topological polar surface area (TPSA) is 145 Å². The Labute approximate surface area is 229 Å². The summed E-state index contributed by atoms with van der Waals surface area (Å²) in [4.78, 5) is 66.5. The first-order valence-electron chi connectivity index (χ1n) is 13.9. The molecule has 1 heterocycles. The predicted molar refractivity (Wildman–Crippen MR) is 152 cm³/mol. The number of nitrogens with two attached hydrogens (primary N) is 1. The number of aromatic amines is 1. The standard InChI is InChI=1S/C29H42N4O6/c1-5-8-10-18-32(26-27(30)33(17-9-6-2)29(38)31-28(26)37)24(35)15-16-25(36)39-19-23(34)22-13-11-21(12-14-22)20(4)7-3/h11-14,20H,5-10,15-19,30H2,1-4H3,(H,31,37,38)/t20-/m0/s1. The average molecular weight is 543 g/mol. The number of ketones is 1. The van der Waals surface area contributed by atoms with Gasteiger partial charge in [0.25, 0.3) is 5.56 Å². The van der Waals surface area contributed by atoms with E-state index < -0.39 is 29.7 Å². The molecule has 0 radical (unpaired) electrons. The van der Waals surface area contributed by atoms with Crippen LogP contribution in [-0.4, -0.2) is 40.4 Å². The maximum absolute atomic E-state index is 13.2. The van der Waals surface area contributed by atoms with Gasteiger partial charge in [-0.2, -0.15) is 0 Å². The second kappa shape index (κ2) is 15.7. The Hall–Kier alpha value is -3.69. The Morgan fingerprint density at radius 3 is 2.28 bits per heavy atom.